The first-order chi connectivity index (χ1) is 7.45. The maximum absolute atomic E-state index is 12.4. The Hall–Kier alpha value is -1.74. The van der Waals surface area contributed by atoms with Gasteiger partial charge in [0.25, 0.3) is 6.43 Å². The summed E-state index contributed by atoms with van der Waals surface area (Å²) in [7, 11) is 0. The number of pyridine rings is 1. The predicted octanol–water partition coefficient (Wildman–Crippen LogP) is 2.17. The molecular weight excluding hydrogens is 242 g/mol. The van der Waals surface area contributed by atoms with E-state index in [1.807, 2.05) is 0 Å². The van der Waals surface area contributed by atoms with Crippen LogP contribution >= 0.6 is 11.6 Å². The molecule has 0 aliphatic rings. The molecule has 1 heterocycles. The highest BCUT2D eigenvalue weighted by Crippen LogP contribution is 2.25. The number of aromatic nitrogens is 1. The fourth-order valence-electron chi connectivity index (χ4n) is 1.08. The molecule has 0 radical (unpaired) electrons. The smallest absolute Gasteiger partial charge is 0.307 e. The number of aliphatic carboxylic acids is 1. The lowest BCUT2D eigenvalue weighted by atomic mass is 10.1. The summed E-state index contributed by atoms with van der Waals surface area (Å²) in [6.07, 6.45) is -3.41. The molecule has 16 heavy (non-hydrogen) atoms. The van der Waals surface area contributed by atoms with Crippen molar-refractivity contribution in [2.75, 3.05) is 0 Å². The van der Waals surface area contributed by atoms with Crippen LogP contribution in [0.4, 0.5) is 8.78 Å². The van der Waals surface area contributed by atoms with Gasteiger partial charge in [0.2, 0.25) is 0 Å². The molecule has 0 saturated carbocycles. The molecule has 1 aromatic rings. The molecule has 0 aliphatic heterocycles. The van der Waals surface area contributed by atoms with Crippen molar-refractivity contribution in [1.82, 2.24) is 4.98 Å². The van der Waals surface area contributed by atoms with E-state index < -0.39 is 30.2 Å². The van der Waals surface area contributed by atoms with E-state index in [0.29, 0.717) is 0 Å². The third kappa shape index (κ3) is 2.64. The first-order valence-electron chi connectivity index (χ1n) is 4.05. The number of carboxylic acid groups (broad SMARTS) is 1. The lowest BCUT2D eigenvalue weighted by Gasteiger charge is -2.06. The van der Waals surface area contributed by atoms with E-state index in [9.17, 15) is 13.6 Å². The highest BCUT2D eigenvalue weighted by molar-refractivity contribution is 6.32. The van der Waals surface area contributed by atoms with Crippen molar-refractivity contribution in [3.8, 4) is 6.07 Å². The van der Waals surface area contributed by atoms with Gasteiger partial charge in [0.1, 0.15) is 11.8 Å². The van der Waals surface area contributed by atoms with Gasteiger partial charge >= 0.3 is 5.97 Å². The van der Waals surface area contributed by atoms with Crippen molar-refractivity contribution in [3.05, 3.63) is 28.0 Å². The van der Waals surface area contributed by atoms with Crippen LogP contribution in [0.15, 0.2) is 6.07 Å². The minimum absolute atomic E-state index is 0.0454. The fraction of sp³-hybridized carbons (Fsp3) is 0.222. The van der Waals surface area contributed by atoms with Gasteiger partial charge in [-0.2, -0.15) is 5.26 Å². The number of nitrogens with zero attached hydrogens (tertiary/aromatic N) is 2. The normalized spacial score (nSPS) is 10.2. The summed E-state index contributed by atoms with van der Waals surface area (Å²) in [6.45, 7) is 0. The van der Waals surface area contributed by atoms with E-state index in [0.717, 1.165) is 6.07 Å². The van der Waals surface area contributed by atoms with Crippen LogP contribution in [0.2, 0.25) is 5.02 Å². The van der Waals surface area contributed by atoms with Crippen LogP contribution in [0.25, 0.3) is 0 Å². The molecule has 1 aromatic heterocycles. The van der Waals surface area contributed by atoms with Crippen LogP contribution in [0, 0.1) is 11.3 Å². The van der Waals surface area contributed by atoms with Gasteiger partial charge in [-0.05, 0) is 11.6 Å². The summed E-state index contributed by atoms with van der Waals surface area (Å²) in [4.78, 5) is 13.8. The zero-order chi connectivity index (χ0) is 12.3. The SMILES string of the molecule is N#Cc1nc(C(F)F)cc(CC(=O)O)c1Cl. The van der Waals surface area contributed by atoms with Crippen molar-refractivity contribution in [1.29, 1.82) is 5.26 Å². The molecule has 84 valence electrons. The van der Waals surface area contributed by atoms with E-state index in [2.05, 4.69) is 4.98 Å². The van der Waals surface area contributed by atoms with Gasteiger partial charge in [0.05, 0.1) is 11.4 Å². The van der Waals surface area contributed by atoms with E-state index in [-0.39, 0.29) is 10.6 Å². The third-order valence-electron chi connectivity index (χ3n) is 1.72. The summed E-state index contributed by atoms with van der Waals surface area (Å²) < 4.78 is 24.7. The Bertz CT molecular complexity index is 471. The maximum Gasteiger partial charge on any atom is 0.307 e. The van der Waals surface area contributed by atoms with E-state index in [4.69, 9.17) is 22.0 Å². The van der Waals surface area contributed by atoms with Crippen LogP contribution in [-0.4, -0.2) is 16.1 Å². The number of nitriles is 1. The molecule has 0 fully saturated rings. The molecule has 0 amide bonds. The standard InChI is InChI=1S/C9H5ClF2N2O2/c10-8-4(2-7(15)16)1-5(9(11)12)14-6(8)3-13/h1,9H,2H2,(H,15,16). The summed E-state index contributed by atoms with van der Waals surface area (Å²) in [6, 6.07) is 2.43. The first-order valence-corrected chi connectivity index (χ1v) is 4.43. The van der Waals surface area contributed by atoms with Gasteiger partial charge in [-0.25, -0.2) is 13.8 Å². The van der Waals surface area contributed by atoms with Crippen molar-refractivity contribution < 1.29 is 18.7 Å². The molecule has 0 aromatic carbocycles. The van der Waals surface area contributed by atoms with Gasteiger partial charge in [-0.15, -0.1) is 0 Å². The molecule has 0 unspecified atom stereocenters. The molecule has 0 atom stereocenters. The van der Waals surface area contributed by atoms with Crippen LogP contribution in [0.5, 0.6) is 0 Å². The lowest BCUT2D eigenvalue weighted by molar-refractivity contribution is -0.136. The van der Waals surface area contributed by atoms with E-state index >= 15 is 0 Å². The van der Waals surface area contributed by atoms with Gasteiger partial charge < -0.3 is 5.11 Å². The lowest BCUT2D eigenvalue weighted by Crippen LogP contribution is -2.05. The minimum Gasteiger partial charge on any atom is -0.481 e. The number of carboxylic acids is 1. The maximum atomic E-state index is 12.4. The zero-order valence-electron chi connectivity index (χ0n) is 7.75. The molecule has 4 nitrogen and oxygen atoms in total. The van der Waals surface area contributed by atoms with E-state index in [1.54, 1.807) is 0 Å². The van der Waals surface area contributed by atoms with Gasteiger partial charge in [-0.3, -0.25) is 4.79 Å². The Labute approximate surface area is 94.1 Å². The quantitative estimate of drug-likeness (QED) is 0.887. The molecule has 1 rings (SSSR count). The fourth-order valence-corrected chi connectivity index (χ4v) is 1.29. The van der Waals surface area contributed by atoms with Crippen LogP contribution in [-0.2, 0) is 11.2 Å². The average Bonchev–Trinajstić information content (AvgIpc) is 2.20. The minimum atomic E-state index is -2.88. The Morgan fingerprint density at radius 3 is 2.75 bits per heavy atom. The number of carbonyl (C=O) groups is 1. The zero-order valence-corrected chi connectivity index (χ0v) is 8.50. The number of alkyl halides is 2. The monoisotopic (exact) mass is 246 g/mol. The topological polar surface area (TPSA) is 74.0 Å². The Kier molecular flexibility index (Phi) is 3.74. The molecule has 7 heteroatoms. The Morgan fingerprint density at radius 2 is 2.31 bits per heavy atom. The highest BCUT2D eigenvalue weighted by Gasteiger charge is 2.17. The highest BCUT2D eigenvalue weighted by atomic mass is 35.5. The Morgan fingerprint density at radius 1 is 1.69 bits per heavy atom. The number of rotatable bonds is 3. The van der Waals surface area contributed by atoms with Crippen molar-refractivity contribution in [3.63, 3.8) is 0 Å². The molecular formula is C9H5ClF2N2O2. The Balaban J connectivity index is 3.31. The van der Waals surface area contributed by atoms with Gasteiger partial charge in [0.15, 0.2) is 5.69 Å². The second-order valence-corrected chi connectivity index (χ2v) is 3.23. The summed E-state index contributed by atoms with van der Waals surface area (Å²) in [5.41, 5.74) is -1.09. The molecule has 0 saturated heterocycles. The third-order valence-corrected chi connectivity index (χ3v) is 2.15. The second-order valence-electron chi connectivity index (χ2n) is 2.85. The molecule has 0 spiro atoms. The van der Waals surface area contributed by atoms with Crippen LogP contribution in [0.1, 0.15) is 23.4 Å². The molecule has 0 bridgehead atoms. The summed E-state index contributed by atoms with van der Waals surface area (Å²) >= 11 is 5.64. The number of hydrogen-bond acceptors (Lipinski definition) is 3. The van der Waals surface area contributed by atoms with Crippen molar-refractivity contribution in [2.45, 2.75) is 12.8 Å². The van der Waals surface area contributed by atoms with Crippen molar-refractivity contribution >= 4 is 17.6 Å². The number of halogens is 3. The second kappa shape index (κ2) is 4.86. The van der Waals surface area contributed by atoms with Crippen molar-refractivity contribution in [2.24, 2.45) is 0 Å². The molecule has 1 N–H and O–H groups in total. The summed E-state index contributed by atoms with van der Waals surface area (Å²) in [5, 5.41) is 16.9. The summed E-state index contributed by atoms with van der Waals surface area (Å²) in [5.74, 6) is -1.22. The first kappa shape index (κ1) is 12.3. The van der Waals surface area contributed by atoms with E-state index in [1.165, 1.54) is 6.07 Å². The van der Waals surface area contributed by atoms with Crippen LogP contribution in [0.3, 0.4) is 0 Å². The molecule has 0 aliphatic carbocycles. The van der Waals surface area contributed by atoms with Gasteiger partial charge in [-0.1, -0.05) is 11.6 Å². The van der Waals surface area contributed by atoms with Crippen LogP contribution < -0.4 is 0 Å². The number of hydrogen-bond donors (Lipinski definition) is 1. The average molecular weight is 247 g/mol. The predicted molar refractivity (Wildman–Crippen MR) is 50.3 cm³/mol. The van der Waals surface area contributed by atoms with Gasteiger partial charge in [0, 0.05) is 0 Å². The largest absolute Gasteiger partial charge is 0.481 e.